The topological polar surface area (TPSA) is 34.9 Å². The van der Waals surface area contributed by atoms with Gasteiger partial charge in [-0.25, -0.2) is 0 Å². The lowest BCUT2D eigenvalue weighted by molar-refractivity contribution is 0.917. The van der Waals surface area contributed by atoms with E-state index in [1.165, 1.54) is 0 Å². The van der Waals surface area contributed by atoms with E-state index in [9.17, 15) is 4.79 Å². The van der Waals surface area contributed by atoms with Gasteiger partial charge in [0.2, 0.25) is 0 Å². The fourth-order valence-electron chi connectivity index (χ4n) is 2.19. The number of fused-ring (bicyclic) bond motifs is 3. The Hall–Kier alpha value is -2.16. The lowest BCUT2D eigenvalue weighted by Gasteiger charge is -2.08. The lowest BCUT2D eigenvalue weighted by Crippen LogP contribution is -2.17. The number of hydrogen-bond acceptors (Lipinski definition) is 2. The van der Waals surface area contributed by atoms with Crippen LogP contribution in [0.1, 0.15) is 5.69 Å². The minimum Gasteiger partial charge on any atom is -0.311 e. The van der Waals surface area contributed by atoms with Crippen LogP contribution in [-0.2, 0) is 7.05 Å². The lowest BCUT2D eigenvalue weighted by atomic mass is 10.1. The molecule has 0 aliphatic rings. The van der Waals surface area contributed by atoms with Crippen LogP contribution in [0.4, 0.5) is 0 Å². The zero-order valence-electron chi connectivity index (χ0n) is 9.77. The summed E-state index contributed by atoms with van der Waals surface area (Å²) in [6, 6.07) is 11.6. The molecule has 0 atom stereocenters. The molecule has 1 aromatic carbocycles. The van der Waals surface area contributed by atoms with E-state index in [1.54, 1.807) is 11.6 Å². The maximum Gasteiger partial charge on any atom is 0.260 e. The summed E-state index contributed by atoms with van der Waals surface area (Å²) >= 11 is 0. The van der Waals surface area contributed by atoms with Gasteiger partial charge in [-0.3, -0.25) is 9.78 Å². The number of rotatable bonds is 0. The van der Waals surface area contributed by atoms with Gasteiger partial charge in [0, 0.05) is 18.1 Å². The first-order chi connectivity index (χ1) is 8.18. The highest BCUT2D eigenvalue weighted by Gasteiger charge is 2.08. The molecule has 0 fully saturated rings. The molecule has 0 unspecified atom stereocenters. The Kier molecular flexibility index (Phi) is 2.01. The van der Waals surface area contributed by atoms with Crippen molar-refractivity contribution in [2.24, 2.45) is 7.05 Å². The molecule has 0 saturated heterocycles. The summed E-state index contributed by atoms with van der Waals surface area (Å²) in [7, 11) is 1.80. The molecular formula is C14H12N2O. The van der Waals surface area contributed by atoms with Gasteiger partial charge in [-0.05, 0) is 25.1 Å². The Morgan fingerprint density at radius 2 is 1.82 bits per heavy atom. The van der Waals surface area contributed by atoms with Gasteiger partial charge in [-0.15, -0.1) is 0 Å². The van der Waals surface area contributed by atoms with E-state index in [4.69, 9.17) is 0 Å². The highest BCUT2D eigenvalue weighted by molar-refractivity contribution is 6.02. The molecule has 2 heterocycles. The van der Waals surface area contributed by atoms with E-state index in [-0.39, 0.29) is 5.56 Å². The normalized spacial score (nSPS) is 11.2. The number of nitrogens with zero attached hydrogens (tertiary/aromatic N) is 2. The third kappa shape index (κ3) is 1.35. The van der Waals surface area contributed by atoms with Gasteiger partial charge in [0.15, 0.2) is 0 Å². The van der Waals surface area contributed by atoms with Crippen LogP contribution >= 0.6 is 0 Å². The molecule has 0 aliphatic carbocycles. The van der Waals surface area contributed by atoms with Crippen LogP contribution in [0.25, 0.3) is 21.8 Å². The summed E-state index contributed by atoms with van der Waals surface area (Å²) < 4.78 is 1.68. The Morgan fingerprint density at radius 1 is 1.06 bits per heavy atom. The number of pyridine rings is 2. The van der Waals surface area contributed by atoms with Crippen LogP contribution in [0, 0.1) is 6.92 Å². The predicted molar refractivity (Wildman–Crippen MR) is 69.2 cm³/mol. The van der Waals surface area contributed by atoms with Gasteiger partial charge < -0.3 is 4.57 Å². The number of aromatic nitrogens is 2. The van der Waals surface area contributed by atoms with Crippen LogP contribution in [0.5, 0.6) is 0 Å². The smallest absolute Gasteiger partial charge is 0.260 e. The van der Waals surface area contributed by atoms with Gasteiger partial charge in [-0.1, -0.05) is 18.2 Å². The maximum absolute atomic E-state index is 12.2. The molecule has 84 valence electrons. The van der Waals surface area contributed by atoms with E-state index < -0.39 is 0 Å². The molecule has 2 aromatic heterocycles. The van der Waals surface area contributed by atoms with Crippen molar-refractivity contribution in [1.29, 1.82) is 0 Å². The number of aryl methyl sites for hydroxylation is 2. The number of para-hydroxylation sites is 1. The van der Waals surface area contributed by atoms with Gasteiger partial charge in [0.1, 0.15) is 0 Å². The summed E-state index contributed by atoms with van der Waals surface area (Å²) in [5.41, 5.74) is 2.65. The molecule has 0 N–H and O–H groups in total. The molecule has 3 aromatic rings. The molecule has 0 aliphatic heterocycles. The monoisotopic (exact) mass is 224 g/mol. The number of benzene rings is 1. The van der Waals surface area contributed by atoms with Crippen LogP contribution in [0.3, 0.4) is 0 Å². The molecule has 0 radical (unpaired) electrons. The standard InChI is InChI=1S/C14H12N2O/c1-9-7-8-11-13(15-9)10-5-3-4-6-12(10)16(2)14(11)17/h3-8H,1-2H3. The van der Waals surface area contributed by atoms with E-state index >= 15 is 0 Å². The molecule has 17 heavy (non-hydrogen) atoms. The number of hydrogen-bond donors (Lipinski definition) is 0. The third-order valence-corrected chi connectivity index (χ3v) is 3.09. The Bertz CT molecular complexity index is 787. The summed E-state index contributed by atoms with van der Waals surface area (Å²) in [6.45, 7) is 1.94. The molecule has 3 rings (SSSR count). The predicted octanol–water partition coefficient (Wildman–Crippen LogP) is 2.40. The molecule has 3 heteroatoms. The summed E-state index contributed by atoms with van der Waals surface area (Å²) in [5.74, 6) is 0. The van der Waals surface area contributed by atoms with Crippen molar-refractivity contribution >= 4 is 21.8 Å². The molecular weight excluding hydrogens is 212 g/mol. The Morgan fingerprint density at radius 3 is 2.65 bits per heavy atom. The first kappa shape index (κ1) is 10.0. The van der Waals surface area contributed by atoms with Crippen LogP contribution < -0.4 is 5.56 Å². The van der Waals surface area contributed by atoms with Crippen molar-refractivity contribution in [3.63, 3.8) is 0 Å². The summed E-state index contributed by atoms with van der Waals surface area (Å²) in [6.07, 6.45) is 0. The second-order valence-electron chi connectivity index (χ2n) is 4.23. The minimum absolute atomic E-state index is 0.00574. The first-order valence-electron chi connectivity index (χ1n) is 5.53. The Labute approximate surface area is 98.3 Å². The fourth-order valence-corrected chi connectivity index (χ4v) is 2.19. The highest BCUT2D eigenvalue weighted by atomic mass is 16.1. The molecule has 0 saturated carbocycles. The van der Waals surface area contributed by atoms with Crippen LogP contribution in [0.15, 0.2) is 41.2 Å². The second kappa shape index (κ2) is 3.42. The van der Waals surface area contributed by atoms with E-state index in [0.29, 0.717) is 5.39 Å². The fraction of sp³-hybridized carbons (Fsp3) is 0.143. The Balaban J connectivity index is 2.71. The van der Waals surface area contributed by atoms with Crippen LogP contribution in [-0.4, -0.2) is 9.55 Å². The van der Waals surface area contributed by atoms with E-state index in [0.717, 1.165) is 22.1 Å². The van der Waals surface area contributed by atoms with Gasteiger partial charge in [0.05, 0.1) is 16.4 Å². The van der Waals surface area contributed by atoms with Crippen molar-refractivity contribution in [3.05, 3.63) is 52.4 Å². The average Bonchev–Trinajstić information content (AvgIpc) is 2.36. The van der Waals surface area contributed by atoms with Gasteiger partial charge in [-0.2, -0.15) is 0 Å². The molecule has 0 bridgehead atoms. The van der Waals surface area contributed by atoms with E-state index in [1.807, 2.05) is 43.3 Å². The van der Waals surface area contributed by atoms with Crippen LogP contribution in [0.2, 0.25) is 0 Å². The quantitative estimate of drug-likeness (QED) is 0.549. The zero-order chi connectivity index (χ0) is 12.0. The maximum atomic E-state index is 12.2. The molecule has 3 nitrogen and oxygen atoms in total. The first-order valence-corrected chi connectivity index (χ1v) is 5.53. The SMILES string of the molecule is Cc1ccc2c(=O)n(C)c3ccccc3c2n1. The van der Waals surface area contributed by atoms with Crippen molar-refractivity contribution in [2.45, 2.75) is 6.92 Å². The van der Waals surface area contributed by atoms with Crippen molar-refractivity contribution in [1.82, 2.24) is 9.55 Å². The minimum atomic E-state index is 0.00574. The van der Waals surface area contributed by atoms with Gasteiger partial charge in [0.25, 0.3) is 5.56 Å². The molecule has 0 spiro atoms. The van der Waals surface area contributed by atoms with Crippen molar-refractivity contribution in [3.8, 4) is 0 Å². The van der Waals surface area contributed by atoms with Gasteiger partial charge >= 0.3 is 0 Å². The van der Waals surface area contributed by atoms with Crippen molar-refractivity contribution < 1.29 is 0 Å². The largest absolute Gasteiger partial charge is 0.311 e. The zero-order valence-corrected chi connectivity index (χ0v) is 9.77. The van der Waals surface area contributed by atoms with Crippen molar-refractivity contribution in [2.75, 3.05) is 0 Å². The third-order valence-electron chi connectivity index (χ3n) is 3.09. The highest BCUT2D eigenvalue weighted by Crippen LogP contribution is 2.20. The van der Waals surface area contributed by atoms with E-state index in [2.05, 4.69) is 4.98 Å². The average molecular weight is 224 g/mol. The second-order valence-corrected chi connectivity index (χ2v) is 4.23. The molecule has 0 amide bonds. The summed E-state index contributed by atoms with van der Waals surface area (Å²) in [4.78, 5) is 16.7. The summed E-state index contributed by atoms with van der Waals surface area (Å²) in [5, 5.41) is 1.70.